The van der Waals surface area contributed by atoms with Crippen LogP contribution in [0.25, 0.3) is 0 Å². The van der Waals surface area contributed by atoms with Crippen molar-refractivity contribution in [3.63, 3.8) is 0 Å². The number of carbonyl (C=O) groups excluding carboxylic acids is 1. The van der Waals surface area contributed by atoms with Crippen LogP contribution in [-0.2, 0) is 4.79 Å². The first-order valence-electron chi connectivity index (χ1n) is 4.80. The summed E-state index contributed by atoms with van der Waals surface area (Å²) in [6.45, 7) is 1.51. The molecule has 0 fully saturated rings. The summed E-state index contributed by atoms with van der Waals surface area (Å²) in [7, 11) is 0. The van der Waals surface area contributed by atoms with Gasteiger partial charge >= 0.3 is 5.97 Å². The van der Waals surface area contributed by atoms with E-state index >= 15 is 0 Å². The van der Waals surface area contributed by atoms with E-state index < -0.39 is 5.97 Å². The van der Waals surface area contributed by atoms with Crippen molar-refractivity contribution < 1.29 is 19.8 Å². The van der Waals surface area contributed by atoms with Gasteiger partial charge in [0.25, 0.3) is 0 Å². The minimum Gasteiger partial charge on any atom is -0.507 e. The zero-order valence-electron chi connectivity index (χ0n) is 9.15. The topological polar surface area (TPSA) is 86.6 Å². The zero-order valence-corrected chi connectivity index (χ0v) is 9.15. The summed E-state index contributed by atoms with van der Waals surface area (Å²) >= 11 is 0. The number of hydrogen-bond donors (Lipinski definition) is 3. The fourth-order valence-electron chi connectivity index (χ4n) is 1.08. The lowest BCUT2D eigenvalue weighted by Crippen LogP contribution is -2.19. The van der Waals surface area contributed by atoms with E-state index in [4.69, 9.17) is 5.11 Å². The molecule has 1 aromatic rings. The lowest BCUT2D eigenvalue weighted by molar-refractivity contribution is -0.118. The molecule has 0 aliphatic heterocycles. The fraction of sp³-hybridized carbons (Fsp3) is 0.167. The van der Waals surface area contributed by atoms with Gasteiger partial charge in [-0.2, -0.15) is 0 Å². The van der Waals surface area contributed by atoms with Gasteiger partial charge in [0.2, 0.25) is 5.91 Å². The molecule has 0 aromatic heterocycles. The Labute approximate surface area is 98.1 Å². The summed E-state index contributed by atoms with van der Waals surface area (Å²) in [6, 6.07) is 3.83. The minimum absolute atomic E-state index is 0.0478. The van der Waals surface area contributed by atoms with Gasteiger partial charge in [-0.25, -0.2) is 4.79 Å². The monoisotopic (exact) mass is 233 g/mol. The van der Waals surface area contributed by atoms with E-state index in [1.54, 1.807) is 0 Å². The van der Waals surface area contributed by atoms with Crippen molar-refractivity contribution in [2.75, 3.05) is 6.54 Å². The summed E-state index contributed by atoms with van der Waals surface area (Å²) < 4.78 is 0. The molecule has 5 nitrogen and oxygen atoms in total. The fourth-order valence-corrected chi connectivity index (χ4v) is 1.08. The van der Waals surface area contributed by atoms with Crippen molar-refractivity contribution in [2.24, 2.45) is 0 Å². The molecule has 1 rings (SSSR count). The van der Waals surface area contributed by atoms with E-state index in [1.807, 2.05) is 0 Å². The highest BCUT2D eigenvalue weighted by atomic mass is 16.4. The molecule has 0 saturated heterocycles. The number of aromatic hydroxyl groups is 1. The SMILES string of the molecule is CC(=O)NCC#Cc1cc(C(=O)O)ccc1O. The van der Waals surface area contributed by atoms with E-state index in [0.717, 1.165) is 0 Å². The molecular weight excluding hydrogens is 222 g/mol. The molecule has 1 aromatic carbocycles. The molecule has 1 amide bonds. The summed E-state index contributed by atoms with van der Waals surface area (Å²) in [6.07, 6.45) is 0. The van der Waals surface area contributed by atoms with E-state index in [1.165, 1.54) is 25.1 Å². The number of benzene rings is 1. The van der Waals surface area contributed by atoms with Crippen molar-refractivity contribution in [3.05, 3.63) is 29.3 Å². The van der Waals surface area contributed by atoms with Gasteiger partial charge in [0.05, 0.1) is 17.7 Å². The van der Waals surface area contributed by atoms with Crippen molar-refractivity contribution in [3.8, 4) is 17.6 Å². The van der Waals surface area contributed by atoms with Crippen LogP contribution in [0.1, 0.15) is 22.8 Å². The largest absolute Gasteiger partial charge is 0.507 e. The van der Waals surface area contributed by atoms with E-state index in [-0.39, 0.29) is 29.3 Å². The van der Waals surface area contributed by atoms with Crippen LogP contribution in [0.15, 0.2) is 18.2 Å². The van der Waals surface area contributed by atoms with Crippen molar-refractivity contribution in [1.82, 2.24) is 5.32 Å². The highest BCUT2D eigenvalue weighted by Gasteiger charge is 2.05. The Morgan fingerprint density at radius 2 is 2.12 bits per heavy atom. The maximum Gasteiger partial charge on any atom is 0.335 e. The second-order valence-electron chi connectivity index (χ2n) is 3.25. The van der Waals surface area contributed by atoms with E-state index in [9.17, 15) is 14.7 Å². The lowest BCUT2D eigenvalue weighted by Gasteiger charge is -1.99. The molecule has 17 heavy (non-hydrogen) atoms. The van der Waals surface area contributed by atoms with Crippen molar-refractivity contribution >= 4 is 11.9 Å². The summed E-state index contributed by atoms with van der Waals surface area (Å²) in [5.41, 5.74) is 0.266. The quantitative estimate of drug-likeness (QED) is 0.652. The Balaban J connectivity index is 2.86. The van der Waals surface area contributed by atoms with Crippen LogP contribution in [-0.4, -0.2) is 28.6 Å². The second-order valence-corrected chi connectivity index (χ2v) is 3.25. The number of aromatic carboxylic acids is 1. The smallest absolute Gasteiger partial charge is 0.335 e. The third-order valence-corrected chi connectivity index (χ3v) is 1.89. The number of carboxylic acid groups (broad SMARTS) is 1. The average molecular weight is 233 g/mol. The van der Waals surface area contributed by atoms with Crippen LogP contribution in [0.2, 0.25) is 0 Å². The molecule has 0 radical (unpaired) electrons. The molecule has 3 N–H and O–H groups in total. The predicted octanol–water partition coefficient (Wildman–Crippen LogP) is 0.578. The molecule has 0 aliphatic carbocycles. The highest BCUT2D eigenvalue weighted by Crippen LogP contribution is 2.17. The number of carbonyl (C=O) groups is 2. The van der Waals surface area contributed by atoms with Crippen molar-refractivity contribution in [1.29, 1.82) is 0 Å². The van der Waals surface area contributed by atoms with Crippen LogP contribution in [0.3, 0.4) is 0 Å². The molecule has 0 aliphatic rings. The lowest BCUT2D eigenvalue weighted by atomic mass is 10.1. The van der Waals surface area contributed by atoms with E-state index in [0.29, 0.717) is 0 Å². The summed E-state index contributed by atoms with van der Waals surface area (Å²) in [4.78, 5) is 21.3. The minimum atomic E-state index is -1.09. The van der Waals surface area contributed by atoms with Gasteiger partial charge < -0.3 is 15.5 Å². The van der Waals surface area contributed by atoms with Crippen LogP contribution in [0.5, 0.6) is 5.75 Å². The first kappa shape index (κ1) is 12.6. The Morgan fingerprint density at radius 3 is 2.71 bits per heavy atom. The molecule has 0 heterocycles. The molecule has 0 spiro atoms. The Morgan fingerprint density at radius 1 is 1.41 bits per heavy atom. The first-order chi connectivity index (χ1) is 8.00. The van der Waals surface area contributed by atoms with Crippen LogP contribution < -0.4 is 5.32 Å². The number of rotatable bonds is 2. The molecule has 0 saturated carbocycles. The maximum atomic E-state index is 10.7. The van der Waals surface area contributed by atoms with Gasteiger partial charge in [0, 0.05) is 6.92 Å². The zero-order chi connectivity index (χ0) is 12.8. The Hall–Kier alpha value is -2.48. The maximum absolute atomic E-state index is 10.7. The predicted molar refractivity (Wildman–Crippen MR) is 60.6 cm³/mol. The number of amides is 1. The van der Waals surface area contributed by atoms with Gasteiger partial charge in [0.1, 0.15) is 5.75 Å². The van der Waals surface area contributed by atoms with Crippen molar-refractivity contribution in [2.45, 2.75) is 6.92 Å². The summed E-state index contributed by atoms with van der Waals surface area (Å²) in [5, 5.41) is 20.7. The van der Waals surface area contributed by atoms with Crippen LogP contribution >= 0.6 is 0 Å². The number of phenolic OH excluding ortho intramolecular Hbond substituents is 1. The molecular formula is C12H11NO4. The highest BCUT2D eigenvalue weighted by molar-refractivity contribution is 5.88. The molecule has 5 heteroatoms. The first-order valence-corrected chi connectivity index (χ1v) is 4.80. The number of hydrogen-bond acceptors (Lipinski definition) is 3. The number of phenols is 1. The van der Waals surface area contributed by atoms with Crippen LogP contribution in [0.4, 0.5) is 0 Å². The third-order valence-electron chi connectivity index (χ3n) is 1.89. The Kier molecular flexibility index (Phi) is 4.12. The van der Waals surface area contributed by atoms with Gasteiger partial charge in [-0.1, -0.05) is 11.8 Å². The standard InChI is InChI=1S/C12H11NO4/c1-8(14)13-6-2-3-9-7-10(12(16)17)4-5-11(9)15/h4-5,7,15H,6H2,1H3,(H,13,14)(H,16,17). The Bertz CT molecular complexity index is 511. The number of carboxylic acids is 1. The summed E-state index contributed by atoms with van der Waals surface area (Å²) in [5.74, 6) is 3.80. The molecule has 0 atom stereocenters. The van der Waals surface area contributed by atoms with Gasteiger partial charge in [-0.3, -0.25) is 4.79 Å². The van der Waals surface area contributed by atoms with Crippen LogP contribution in [0, 0.1) is 11.8 Å². The average Bonchev–Trinajstić information content (AvgIpc) is 2.25. The second kappa shape index (κ2) is 5.56. The molecule has 88 valence electrons. The van der Waals surface area contributed by atoms with Gasteiger partial charge in [0.15, 0.2) is 0 Å². The van der Waals surface area contributed by atoms with Gasteiger partial charge in [-0.15, -0.1) is 0 Å². The normalized spacial score (nSPS) is 9.00. The van der Waals surface area contributed by atoms with E-state index in [2.05, 4.69) is 17.2 Å². The molecule has 0 unspecified atom stereocenters. The number of nitrogens with one attached hydrogen (secondary N) is 1. The third kappa shape index (κ3) is 3.87. The van der Waals surface area contributed by atoms with Gasteiger partial charge in [-0.05, 0) is 18.2 Å². The molecule has 0 bridgehead atoms.